The summed E-state index contributed by atoms with van der Waals surface area (Å²) in [6, 6.07) is 18.0. The van der Waals surface area contributed by atoms with Gasteiger partial charge >= 0.3 is 0 Å². The fraction of sp³-hybridized carbons (Fsp3) is 0.167. The zero-order valence-corrected chi connectivity index (χ0v) is 18.7. The molecule has 0 aliphatic carbocycles. The maximum atomic E-state index is 12.9. The van der Waals surface area contributed by atoms with Crippen LogP contribution in [-0.2, 0) is 10.0 Å². The zero-order chi connectivity index (χ0) is 22.8. The summed E-state index contributed by atoms with van der Waals surface area (Å²) in [6.07, 6.45) is 4.11. The van der Waals surface area contributed by atoms with Crippen LogP contribution < -0.4 is 0 Å². The predicted molar refractivity (Wildman–Crippen MR) is 123 cm³/mol. The molecule has 0 N–H and O–H groups in total. The molecule has 4 aromatic rings. The summed E-state index contributed by atoms with van der Waals surface area (Å²) in [5, 5.41) is 8.30. The van der Waals surface area contributed by atoms with E-state index >= 15 is 0 Å². The number of hydrogen-bond acceptors (Lipinski definition) is 7. The quantitative estimate of drug-likeness (QED) is 0.445. The van der Waals surface area contributed by atoms with Gasteiger partial charge in [0.25, 0.3) is 5.89 Å². The lowest BCUT2D eigenvalue weighted by atomic mass is 10.1. The fourth-order valence-corrected chi connectivity index (χ4v) is 5.07. The van der Waals surface area contributed by atoms with E-state index in [0.29, 0.717) is 46.7 Å². The van der Waals surface area contributed by atoms with E-state index < -0.39 is 10.0 Å². The second-order valence-corrected chi connectivity index (χ2v) is 9.56. The molecular weight excluding hydrogens is 438 g/mol. The molecule has 3 heterocycles. The molecule has 0 spiro atoms. The number of aromatic nitrogens is 4. The van der Waals surface area contributed by atoms with E-state index in [-0.39, 0.29) is 6.54 Å². The lowest BCUT2D eigenvalue weighted by Gasteiger charge is -2.25. The average Bonchev–Trinajstić information content (AvgIpc) is 3.36. The number of nitrogens with zero attached hydrogens (tertiary/aromatic N) is 5. The largest absolute Gasteiger partial charge is 0.415 e. The van der Waals surface area contributed by atoms with E-state index in [1.165, 1.54) is 4.31 Å². The van der Waals surface area contributed by atoms with Gasteiger partial charge in [-0.2, -0.15) is 4.31 Å². The highest BCUT2D eigenvalue weighted by atomic mass is 32.2. The normalized spacial score (nSPS) is 14.8. The summed E-state index contributed by atoms with van der Waals surface area (Å²) in [7, 11) is -3.53. The molecule has 8 nitrogen and oxygen atoms in total. The van der Waals surface area contributed by atoms with E-state index in [1.807, 2.05) is 43.3 Å². The number of rotatable bonds is 5. The number of sulfonamides is 1. The summed E-state index contributed by atoms with van der Waals surface area (Å²) in [5.74, 6) is 0.709. The van der Waals surface area contributed by atoms with Crippen molar-refractivity contribution in [3.05, 3.63) is 84.3 Å². The molecule has 9 heteroatoms. The topological polar surface area (TPSA) is 102 Å². The minimum atomic E-state index is -3.53. The van der Waals surface area contributed by atoms with Crippen LogP contribution in [0.5, 0.6) is 0 Å². The molecule has 0 saturated carbocycles. The first kappa shape index (κ1) is 21.2. The highest BCUT2D eigenvalue weighted by Gasteiger charge is 2.27. The van der Waals surface area contributed by atoms with Crippen LogP contribution in [0.1, 0.15) is 17.8 Å². The van der Waals surface area contributed by atoms with Crippen molar-refractivity contribution in [2.75, 3.05) is 13.1 Å². The molecule has 0 fully saturated rings. The monoisotopic (exact) mass is 459 g/mol. The summed E-state index contributed by atoms with van der Waals surface area (Å²) in [6.45, 7) is 2.48. The van der Waals surface area contributed by atoms with Crippen LogP contribution >= 0.6 is 0 Å². The molecule has 1 aliphatic rings. The minimum absolute atomic E-state index is 0.274. The predicted octanol–water partition coefficient (Wildman–Crippen LogP) is 3.98. The van der Waals surface area contributed by atoms with Crippen molar-refractivity contribution in [3.8, 4) is 23.0 Å². The maximum absolute atomic E-state index is 12.9. The van der Waals surface area contributed by atoms with Crippen LogP contribution in [-0.4, -0.2) is 46.0 Å². The van der Waals surface area contributed by atoms with E-state index in [1.54, 1.807) is 36.5 Å². The Labute approximate surface area is 191 Å². The molecule has 0 atom stereocenters. The molecule has 1 aliphatic heterocycles. The molecule has 166 valence electrons. The fourth-order valence-electron chi connectivity index (χ4n) is 3.67. The van der Waals surface area contributed by atoms with Crippen LogP contribution in [0, 0.1) is 6.92 Å². The average molecular weight is 460 g/mol. The molecular formula is C24H21N5O3S. The van der Waals surface area contributed by atoms with Gasteiger partial charge in [-0.1, -0.05) is 42.5 Å². The first-order chi connectivity index (χ1) is 16.0. The summed E-state index contributed by atoms with van der Waals surface area (Å²) in [5.41, 5.74) is 3.62. The molecule has 5 rings (SSSR count). The molecule has 2 aromatic carbocycles. The van der Waals surface area contributed by atoms with Crippen LogP contribution in [0.4, 0.5) is 0 Å². The molecule has 0 bridgehead atoms. The van der Waals surface area contributed by atoms with Crippen LogP contribution in [0.2, 0.25) is 0 Å². The highest BCUT2D eigenvalue weighted by Crippen LogP contribution is 2.28. The van der Waals surface area contributed by atoms with E-state index in [2.05, 4.69) is 15.2 Å². The molecule has 0 saturated heterocycles. The Kier molecular flexibility index (Phi) is 5.57. The van der Waals surface area contributed by atoms with Crippen molar-refractivity contribution in [3.63, 3.8) is 0 Å². The van der Waals surface area contributed by atoms with Crippen molar-refractivity contribution in [2.24, 2.45) is 0 Å². The number of hydrogen-bond donors (Lipinski definition) is 0. The van der Waals surface area contributed by atoms with Crippen molar-refractivity contribution < 1.29 is 12.8 Å². The Morgan fingerprint density at radius 2 is 1.64 bits per heavy atom. The van der Waals surface area contributed by atoms with Crippen molar-refractivity contribution in [1.29, 1.82) is 0 Å². The van der Waals surface area contributed by atoms with Crippen LogP contribution in [0.15, 0.2) is 82.2 Å². The third-order valence-electron chi connectivity index (χ3n) is 5.49. The molecule has 2 aromatic heterocycles. The first-order valence-corrected chi connectivity index (χ1v) is 11.9. The number of benzene rings is 2. The van der Waals surface area contributed by atoms with E-state index in [0.717, 1.165) is 11.1 Å². The molecule has 0 unspecified atom stereocenters. The summed E-state index contributed by atoms with van der Waals surface area (Å²) < 4.78 is 33.1. The van der Waals surface area contributed by atoms with Crippen molar-refractivity contribution in [2.45, 2.75) is 18.2 Å². The van der Waals surface area contributed by atoms with Crippen molar-refractivity contribution in [1.82, 2.24) is 24.5 Å². The van der Waals surface area contributed by atoms with Gasteiger partial charge < -0.3 is 4.42 Å². The third-order valence-corrected chi connectivity index (χ3v) is 7.36. The lowest BCUT2D eigenvalue weighted by Crippen LogP contribution is -2.34. The molecule has 33 heavy (non-hydrogen) atoms. The minimum Gasteiger partial charge on any atom is -0.415 e. The second kappa shape index (κ2) is 8.68. The third kappa shape index (κ3) is 4.20. The van der Waals surface area contributed by atoms with Gasteiger partial charge in [-0.05, 0) is 43.2 Å². The summed E-state index contributed by atoms with van der Waals surface area (Å²) in [4.78, 5) is 9.48. The Morgan fingerprint density at radius 1 is 0.939 bits per heavy atom. The van der Waals surface area contributed by atoms with Gasteiger partial charge in [0.05, 0.1) is 22.5 Å². The Balaban J connectivity index is 1.40. The number of aryl methyl sites for hydroxylation is 1. The van der Waals surface area contributed by atoms with Gasteiger partial charge in [-0.15, -0.1) is 10.2 Å². The lowest BCUT2D eigenvalue weighted by molar-refractivity contribution is 0.441. The molecule has 0 radical (unpaired) electrons. The Hall–Kier alpha value is -3.69. The van der Waals surface area contributed by atoms with Gasteiger partial charge in [0, 0.05) is 18.7 Å². The maximum Gasteiger partial charge on any atom is 0.268 e. The van der Waals surface area contributed by atoms with Crippen LogP contribution in [0.25, 0.3) is 28.6 Å². The van der Waals surface area contributed by atoms with Gasteiger partial charge in [-0.3, -0.25) is 4.98 Å². The SMILES string of the molecule is Cc1ncc(C2=CCN(S(=O)(=O)c3ccccc3)CC2)nc1-c1nnc(-c2ccccc2)o1. The highest BCUT2D eigenvalue weighted by molar-refractivity contribution is 7.89. The second-order valence-electron chi connectivity index (χ2n) is 7.62. The van der Waals surface area contributed by atoms with E-state index in [9.17, 15) is 8.42 Å². The van der Waals surface area contributed by atoms with Crippen LogP contribution in [0.3, 0.4) is 0 Å². The van der Waals surface area contributed by atoms with E-state index in [4.69, 9.17) is 9.40 Å². The van der Waals surface area contributed by atoms with Gasteiger partial charge in [0.15, 0.2) is 0 Å². The van der Waals surface area contributed by atoms with Gasteiger partial charge in [0.1, 0.15) is 5.69 Å². The zero-order valence-electron chi connectivity index (χ0n) is 17.9. The standard InChI is InChI=1S/C24H21N5O3S/c1-17-22(24-28-27-23(32-24)19-8-4-2-5-9-19)26-21(16-25-17)18-12-14-29(15-13-18)33(30,31)20-10-6-3-7-11-20/h2-12,16H,13-15H2,1H3. The smallest absolute Gasteiger partial charge is 0.268 e. The Bertz CT molecular complexity index is 1420. The molecule has 0 amide bonds. The first-order valence-electron chi connectivity index (χ1n) is 10.5. The van der Waals surface area contributed by atoms with Gasteiger partial charge in [0.2, 0.25) is 15.9 Å². The van der Waals surface area contributed by atoms with Crippen molar-refractivity contribution >= 4 is 15.6 Å². The van der Waals surface area contributed by atoms with Gasteiger partial charge in [-0.25, -0.2) is 13.4 Å². The summed E-state index contributed by atoms with van der Waals surface area (Å²) >= 11 is 0. The Morgan fingerprint density at radius 3 is 2.33 bits per heavy atom.